The van der Waals surface area contributed by atoms with Gasteiger partial charge in [-0.05, 0) is 79.1 Å². The molecule has 0 aliphatic heterocycles. The lowest BCUT2D eigenvalue weighted by molar-refractivity contribution is -0.147. The molecule has 3 unspecified atom stereocenters. The highest BCUT2D eigenvalue weighted by Crippen LogP contribution is 2.53. The van der Waals surface area contributed by atoms with Gasteiger partial charge in [0.05, 0.1) is 62.0 Å². The Kier molecular flexibility index (Phi) is 41.4. The third-order valence-electron chi connectivity index (χ3n) is 13.6. The fraction of sp³-hybridized carbons (Fsp3) is 0.784. The topological polar surface area (TPSA) is 316 Å². The summed E-state index contributed by atoms with van der Waals surface area (Å²) in [4.78, 5) is 129. The Morgan fingerprint density at radius 3 is 0.855 bits per heavy atom. The number of esters is 3. The zero-order valence-corrected chi connectivity index (χ0v) is 49.7. The van der Waals surface area contributed by atoms with Crippen LogP contribution in [0.25, 0.3) is 0 Å². The average molecular weight is 1140 g/mol. The van der Waals surface area contributed by atoms with Crippen molar-refractivity contribution in [1.29, 1.82) is 0 Å². The molecule has 22 nitrogen and oxygen atoms in total. The van der Waals surface area contributed by atoms with E-state index in [0.717, 1.165) is 0 Å². The molecule has 0 aromatic heterocycles. The molecule has 0 spiro atoms. The number of carbonyl (C=O) groups is 11. The van der Waals surface area contributed by atoms with E-state index in [-0.39, 0.29) is 155 Å². The lowest BCUT2D eigenvalue weighted by atomic mass is 9.72. The van der Waals surface area contributed by atoms with Gasteiger partial charge in [-0.2, -0.15) is 0 Å². The quantitative estimate of drug-likeness (QED) is 0.0270. The van der Waals surface area contributed by atoms with Gasteiger partial charge in [0.1, 0.15) is 46.3 Å². The summed E-state index contributed by atoms with van der Waals surface area (Å²) >= 11 is 0. The Labute approximate surface area is 449 Å². The first-order valence-corrected chi connectivity index (χ1v) is 28.3. The van der Waals surface area contributed by atoms with Crippen LogP contribution in [0, 0.1) is 21.7 Å². The van der Waals surface area contributed by atoms with Crippen LogP contribution >= 0.6 is 15.2 Å². The van der Waals surface area contributed by atoms with Crippen LogP contribution < -0.4 is 0 Å². The van der Waals surface area contributed by atoms with Gasteiger partial charge in [-0.3, -0.25) is 66.3 Å². The van der Waals surface area contributed by atoms with E-state index >= 15 is 0 Å². The predicted octanol–water partition coefficient (Wildman–Crippen LogP) is 7.55. The summed E-state index contributed by atoms with van der Waals surface area (Å²) in [6.07, 6.45) is 1.02. The van der Waals surface area contributed by atoms with E-state index < -0.39 is 61.4 Å². The van der Waals surface area contributed by atoms with Gasteiger partial charge >= 0.3 is 33.1 Å². The monoisotopic (exact) mass is 1130 g/mol. The smallest absolute Gasteiger partial charge is 0.330 e. The van der Waals surface area contributed by atoms with Gasteiger partial charge in [-0.15, -0.1) is 0 Å². The van der Waals surface area contributed by atoms with Crippen molar-refractivity contribution in [1.82, 2.24) is 0 Å². The van der Waals surface area contributed by atoms with E-state index in [4.69, 9.17) is 27.9 Å². The molecule has 1 N–H and O–H groups in total. The third-order valence-corrected chi connectivity index (χ3v) is 17.4. The number of ketones is 8. The number of ether oxygens (including phenoxy) is 4. The molecule has 0 aromatic carbocycles. The molecule has 0 saturated carbocycles. The maximum Gasteiger partial charge on any atom is 0.330 e. The Bertz CT molecular complexity index is 1880. The standard InChI is InChI=1S/C14H28O8P2.C13H22O5.C12H19FO4.C12H20O5/c1-7-13(16)14(12(2)15,8-10-23(17,19-3)20-4)9-11-24(18,21-5)22-6;1-5-11(15)13(10(2)14,8-9-17-3)7-6-12(16)18-4;2*1-4-10(15)12(7-8-13,9(2)14)6-5-11(16)17-3/h7-11H2,1-6H3;5-9H2,1-4H3;4-8H2,1-3H3;13H,4-8H2,1-3H3. The lowest BCUT2D eigenvalue weighted by Crippen LogP contribution is -2.39. The maximum absolute atomic E-state index is 12.5. The van der Waals surface area contributed by atoms with Crippen molar-refractivity contribution in [2.45, 2.75) is 152 Å². The van der Waals surface area contributed by atoms with Crippen molar-refractivity contribution < 1.29 is 108 Å². The summed E-state index contributed by atoms with van der Waals surface area (Å²) in [6, 6.07) is 0. The highest BCUT2D eigenvalue weighted by Gasteiger charge is 2.46. The lowest BCUT2D eigenvalue weighted by Gasteiger charge is -2.31. The van der Waals surface area contributed by atoms with Crippen LogP contribution in [0.2, 0.25) is 0 Å². The number of alkyl halides is 1. The molecule has 0 aliphatic rings. The normalized spacial score (nSPS) is 13.6. The highest BCUT2D eigenvalue weighted by molar-refractivity contribution is 7.54. The molecule has 0 fully saturated rings. The zero-order chi connectivity index (χ0) is 60.1. The van der Waals surface area contributed by atoms with Gasteiger partial charge in [-0.25, -0.2) is 0 Å². The minimum absolute atomic E-state index is 0.00181. The first-order chi connectivity index (χ1) is 35.4. The summed E-state index contributed by atoms with van der Waals surface area (Å²) in [5, 5.41) is 9.00. The molecule has 0 saturated heterocycles. The van der Waals surface area contributed by atoms with E-state index in [1.165, 1.54) is 84.6 Å². The van der Waals surface area contributed by atoms with Gasteiger partial charge in [0.2, 0.25) is 0 Å². The molecule has 0 heterocycles. The zero-order valence-electron chi connectivity index (χ0n) is 47.9. The van der Waals surface area contributed by atoms with Gasteiger partial charge in [0, 0.05) is 93.7 Å². The molecular weight excluding hydrogens is 1050 g/mol. The molecule has 0 rings (SSSR count). The molecule has 0 amide bonds. The van der Waals surface area contributed by atoms with Crippen molar-refractivity contribution in [2.75, 3.05) is 89.1 Å². The molecule has 0 bridgehead atoms. The van der Waals surface area contributed by atoms with Crippen molar-refractivity contribution in [2.24, 2.45) is 21.7 Å². The summed E-state index contributed by atoms with van der Waals surface area (Å²) in [5.74, 6) is -3.66. The Balaban J connectivity index is -0.000000460. The van der Waals surface area contributed by atoms with E-state index in [9.17, 15) is 66.3 Å². The second-order valence-electron chi connectivity index (χ2n) is 17.4. The molecular formula is C51H89FO22P2. The number of hydrogen-bond acceptors (Lipinski definition) is 22. The van der Waals surface area contributed by atoms with Crippen LogP contribution in [0.3, 0.4) is 0 Å². The number of methoxy groups -OCH3 is 4. The van der Waals surface area contributed by atoms with Gasteiger partial charge in [0.15, 0.2) is 0 Å². The number of carbonyl (C=O) groups excluding carboxylic acids is 11. The van der Waals surface area contributed by atoms with Crippen LogP contribution in [0.4, 0.5) is 4.39 Å². The van der Waals surface area contributed by atoms with Crippen LogP contribution in [-0.2, 0) is 98.9 Å². The molecule has 25 heteroatoms. The number of hydrogen-bond donors (Lipinski definition) is 1. The SMILES string of the molecule is CCC(=O)C(CCF)(CCC(=O)OC)C(C)=O.CCC(=O)C(CCO)(CCC(=O)OC)C(C)=O.CCC(=O)C(CCOC)(CCC(=O)OC)C(C)=O.CCC(=O)C(CCP(=O)(OC)OC)(CCP(=O)(OC)OC)C(C)=O. The summed E-state index contributed by atoms with van der Waals surface area (Å²) in [6.45, 7) is 11.2. The first kappa shape index (κ1) is 78.4. The van der Waals surface area contributed by atoms with Crippen LogP contribution in [-0.4, -0.2) is 158 Å². The highest BCUT2D eigenvalue weighted by atomic mass is 31.2. The van der Waals surface area contributed by atoms with Crippen molar-refractivity contribution in [3.8, 4) is 0 Å². The van der Waals surface area contributed by atoms with Crippen molar-refractivity contribution in [3.05, 3.63) is 0 Å². The summed E-state index contributed by atoms with van der Waals surface area (Å²) < 4.78 is 75.0. The number of aliphatic hydroxyl groups is 1. The number of rotatable bonds is 38. The Morgan fingerprint density at radius 1 is 0.408 bits per heavy atom. The summed E-state index contributed by atoms with van der Waals surface area (Å²) in [5.41, 5.74) is -5.14. The largest absolute Gasteiger partial charge is 0.469 e. The van der Waals surface area contributed by atoms with E-state index in [1.54, 1.807) is 27.7 Å². The fourth-order valence-electron chi connectivity index (χ4n) is 8.21. The van der Waals surface area contributed by atoms with Crippen LogP contribution in [0.15, 0.2) is 0 Å². The molecule has 76 heavy (non-hydrogen) atoms. The second kappa shape index (κ2) is 40.2. The van der Waals surface area contributed by atoms with E-state index in [2.05, 4.69) is 14.2 Å². The molecule has 3 atom stereocenters. The Hall–Kier alpha value is -4.08. The van der Waals surface area contributed by atoms with E-state index in [0.29, 0.717) is 13.0 Å². The van der Waals surface area contributed by atoms with Crippen LogP contribution in [0.5, 0.6) is 0 Å². The molecule has 442 valence electrons. The minimum Gasteiger partial charge on any atom is -0.469 e. The number of halogens is 1. The fourth-order valence-corrected chi connectivity index (χ4v) is 10.6. The maximum atomic E-state index is 12.5. The second-order valence-corrected chi connectivity index (χ2v) is 22.2. The van der Waals surface area contributed by atoms with Crippen LogP contribution in [0.1, 0.15) is 152 Å². The van der Waals surface area contributed by atoms with Gasteiger partial charge < -0.3 is 42.1 Å². The number of Topliss-reactive ketones (excluding diaryl/α,β-unsaturated/α-hetero) is 8. The summed E-state index contributed by atoms with van der Waals surface area (Å²) in [7, 11) is 3.49. The number of aliphatic hydroxyl groups excluding tert-OH is 1. The minimum atomic E-state index is -3.38. The van der Waals surface area contributed by atoms with E-state index in [1.807, 2.05) is 0 Å². The Morgan fingerprint density at radius 2 is 0.658 bits per heavy atom. The van der Waals surface area contributed by atoms with Crippen molar-refractivity contribution >= 4 is 79.4 Å². The van der Waals surface area contributed by atoms with Gasteiger partial charge in [-0.1, -0.05) is 27.7 Å². The first-order valence-electron chi connectivity index (χ1n) is 24.9. The molecule has 0 radical (unpaired) electrons. The van der Waals surface area contributed by atoms with Crippen molar-refractivity contribution in [3.63, 3.8) is 0 Å². The molecule has 0 aliphatic carbocycles. The third kappa shape index (κ3) is 25.1. The van der Waals surface area contributed by atoms with Gasteiger partial charge in [0.25, 0.3) is 0 Å². The predicted molar refractivity (Wildman–Crippen MR) is 278 cm³/mol. The average Bonchev–Trinajstić information content (AvgIpc) is 3.41. The molecule has 0 aromatic rings.